The summed E-state index contributed by atoms with van der Waals surface area (Å²) in [5, 5.41) is 11.5. The molecule has 8 rings (SSSR count). The number of hydrogen-bond acceptors (Lipinski definition) is 4. The standard InChI is InChI=1S/C40H23F2N5/c41-29-17-19-30(34(42)23-29)28-16-18-32(37(22-28)47-35-14-8-7-13-31(35)33-21-25(24-43)15-20-36(33)47)40-45-38(26-9-3-1-4-10-26)44-39(46-40)27-11-5-2-6-12-27/h1-23H. The summed E-state index contributed by atoms with van der Waals surface area (Å²) in [5.41, 5.74) is 6.13. The van der Waals surface area contributed by atoms with Crippen LogP contribution < -0.4 is 0 Å². The van der Waals surface area contributed by atoms with E-state index in [9.17, 15) is 9.65 Å². The summed E-state index contributed by atoms with van der Waals surface area (Å²) in [6.07, 6.45) is 0. The van der Waals surface area contributed by atoms with Gasteiger partial charge in [0.2, 0.25) is 0 Å². The summed E-state index contributed by atoms with van der Waals surface area (Å²) in [6, 6.07) is 44.3. The number of hydrogen-bond donors (Lipinski definition) is 0. The predicted molar refractivity (Wildman–Crippen MR) is 181 cm³/mol. The molecule has 0 atom stereocenters. The summed E-state index contributed by atoms with van der Waals surface area (Å²) in [4.78, 5) is 14.8. The minimum absolute atomic E-state index is 0.261. The number of aromatic nitrogens is 4. The van der Waals surface area contributed by atoms with Crippen LogP contribution in [0.3, 0.4) is 0 Å². The Morgan fingerprint density at radius 1 is 0.511 bits per heavy atom. The van der Waals surface area contributed by atoms with Gasteiger partial charge < -0.3 is 4.57 Å². The molecule has 7 heteroatoms. The molecule has 0 unspecified atom stereocenters. The third-order valence-electron chi connectivity index (χ3n) is 8.22. The highest BCUT2D eigenvalue weighted by atomic mass is 19.1. The molecule has 5 nitrogen and oxygen atoms in total. The van der Waals surface area contributed by atoms with Crippen LogP contribution in [0.2, 0.25) is 0 Å². The smallest absolute Gasteiger partial charge is 0.166 e. The summed E-state index contributed by atoms with van der Waals surface area (Å²) < 4.78 is 31.2. The normalized spacial score (nSPS) is 11.2. The number of nitriles is 1. The van der Waals surface area contributed by atoms with Gasteiger partial charge >= 0.3 is 0 Å². The molecule has 0 saturated carbocycles. The Labute approximate surface area is 268 Å². The molecule has 0 fully saturated rings. The molecule has 47 heavy (non-hydrogen) atoms. The highest BCUT2D eigenvalue weighted by molar-refractivity contribution is 6.10. The van der Waals surface area contributed by atoms with Crippen LogP contribution in [0, 0.1) is 23.0 Å². The van der Waals surface area contributed by atoms with E-state index in [1.165, 1.54) is 12.1 Å². The van der Waals surface area contributed by atoms with E-state index in [1.54, 1.807) is 12.1 Å². The minimum atomic E-state index is -0.664. The van der Waals surface area contributed by atoms with E-state index in [4.69, 9.17) is 15.0 Å². The Balaban J connectivity index is 1.46. The van der Waals surface area contributed by atoms with Gasteiger partial charge in [0, 0.05) is 39.1 Å². The van der Waals surface area contributed by atoms with Crippen LogP contribution in [0.4, 0.5) is 8.78 Å². The van der Waals surface area contributed by atoms with E-state index in [-0.39, 0.29) is 5.56 Å². The van der Waals surface area contributed by atoms with Gasteiger partial charge in [-0.15, -0.1) is 0 Å². The highest BCUT2D eigenvalue weighted by Gasteiger charge is 2.21. The van der Waals surface area contributed by atoms with Gasteiger partial charge in [-0.1, -0.05) is 84.9 Å². The highest BCUT2D eigenvalue weighted by Crippen LogP contribution is 2.39. The van der Waals surface area contributed by atoms with Gasteiger partial charge in [-0.05, 0) is 54.1 Å². The lowest BCUT2D eigenvalue weighted by Crippen LogP contribution is -2.04. The molecule has 0 saturated heterocycles. The van der Waals surface area contributed by atoms with E-state index in [1.807, 2.05) is 109 Å². The first kappa shape index (κ1) is 28.0. The molecule has 8 aromatic rings. The SMILES string of the molecule is N#Cc1ccc2c(c1)c1ccccc1n2-c1cc(-c2ccc(F)cc2F)ccc1-c1nc(-c2ccccc2)nc(-c2ccccc2)n1. The first-order valence-electron chi connectivity index (χ1n) is 15.0. The predicted octanol–water partition coefficient (Wildman–Crippen LogP) is 9.79. The quantitative estimate of drug-likeness (QED) is 0.194. The molecule has 0 aliphatic rings. The van der Waals surface area contributed by atoms with Crippen molar-refractivity contribution in [2.24, 2.45) is 0 Å². The summed E-state index contributed by atoms with van der Waals surface area (Å²) >= 11 is 0. The number of rotatable bonds is 5. The van der Waals surface area contributed by atoms with Gasteiger partial charge in [0.05, 0.1) is 28.4 Å². The van der Waals surface area contributed by atoms with Crippen molar-refractivity contribution in [3.63, 3.8) is 0 Å². The summed E-state index contributed by atoms with van der Waals surface area (Å²) in [5.74, 6) is 0.136. The zero-order valence-corrected chi connectivity index (χ0v) is 24.8. The molecule has 0 spiro atoms. The second-order valence-corrected chi connectivity index (χ2v) is 11.1. The van der Waals surface area contributed by atoms with Crippen molar-refractivity contribution in [3.8, 4) is 57.0 Å². The third kappa shape index (κ3) is 4.98. The van der Waals surface area contributed by atoms with Crippen molar-refractivity contribution in [2.75, 3.05) is 0 Å². The van der Waals surface area contributed by atoms with E-state index in [2.05, 4.69) is 10.6 Å². The number of nitrogens with zero attached hydrogens (tertiary/aromatic N) is 5. The van der Waals surface area contributed by atoms with Crippen molar-refractivity contribution in [3.05, 3.63) is 157 Å². The van der Waals surface area contributed by atoms with Gasteiger partial charge in [-0.2, -0.15) is 5.26 Å². The van der Waals surface area contributed by atoms with Gasteiger partial charge in [0.15, 0.2) is 17.5 Å². The fourth-order valence-corrected chi connectivity index (χ4v) is 6.03. The summed E-state index contributed by atoms with van der Waals surface area (Å²) in [7, 11) is 0. The number of benzene rings is 6. The van der Waals surface area contributed by atoms with Crippen LogP contribution >= 0.6 is 0 Å². The fourth-order valence-electron chi connectivity index (χ4n) is 6.03. The fraction of sp³-hybridized carbons (Fsp3) is 0. The molecule has 0 bridgehead atoms. The van der Waals surface area contributed by atoms with Crippen molar-refractivity contribution in [2.45, 2.75) is 0 Å². The molecule has 2 heterocycles. The third-order valence-corrected chi connectivity index (χ3v) is 8.22. The molecule has 0 aliphatic heterocycles. The molecule has 0 amide bonds. The monoisotopic (exact) mass is 611 g/mol. The molecule has 0 aliphatic carbocycles. The average Bonchev–Trinajstić information content (AvgIpc) is 3.45. The maximum Gasteiger partial charge on any atom is 0.166 e. The minimum Gasteiger partial charge on any atom is -0.308 e. The largest absolute Gasteiger partial charge is 0.308 e. The maximum atomic E-state index is 15.2. The summed E-state index contributed by atoms with van der Waals surface area (Å²) in [6.45, 7) is 0. The first-order chi connectivity index (χ1) is 23.1. The van der Waals surface area contributed by atoms with Crippen LogP contribution in [-0.2, 0) is 0 Å². The van der Waals surface area contributed by atoms with Gasteiger partial charge in [0.1, 0.15) is 11.6 Å². The molecular weight excluding hydrogens is 588 g/mol. The molecule has 0 radical (unpaired) electrons. The molecule has 222 valence electrons. The van der Waals surface area contributed by atoms with Crippen LogP contribution in [0.25, 0.3) is 72.8 Å². The Morgan fingerprint density at radius 2 is 1.13 bits per heavy atom. The van der Waals surface area contributed by atoms with Gasteiger partial charge in [0.25, 0.3) is 0 Å². The van der Waals surface area contributed by atoms with E-state index < -0.39 is 11.6 Å². The lowest BCUT2D eigenvalue weighted by molar-refractivity contribution is 0.585. The number of fused-ring (bicyclic) bond motifs is 3. The van der Waals surface area contributed by atoms with Gasteiger partial charge in [-0.3, -0.25) is 0 Å². The van der Waals surface area contributed by atoms with E-state index in [0.29, 0.717) is 39.9 Å². The van der Waals surface area contributed by atoms with Crippen LogP contribution in [0.5, 0.6) is 0 Å². The molecular formula is C40H23F2N5. The lowest BCUT2D eigenvalue weighted by Gasteiger charge is -2.16. The Morgan fingerprint density at radius 3 is 1.81 bits per heavy atom. The van der Waals surface area contributed by atoms with Crippen LogP contribution in [0.15, 0.2) is 140 Å². The molecule has 0 N–H and O–H groups in total. The maximum absolute atomic E-state index is 15.2. The molecule has 6 aromatic carbocycles. The van der Waals surface area contributed by atoms with Crippen molar-refractivity contribution in [1.82, 2.24) is 19.5 Å². The number of para-hydroxylation sites is 1. The average molecular weight is 612 g/mol. The van der Waals surface area contributed by atoms with Crippen LogP contribution in [0.1, 0.15) is 5.56 Å². The van der Waals surface area contributed by atoms with Crippen molar-refractivity contribution < 1.29 is 8.78 Å². The molecule has 2 aromatic heterocycles. The van der Waals surface area contributed by atoms with E-state index in [0.717, 1.165) is 39.0 Å². The Bertz CT molecular complexity index is 2440. The van der Waals surface area contributed by atoms with E-state index >= 15 is 4.39 Å². The number of halogens is 2. The zero-order chi connectivity index (χ0) is 31.9. The Kier molecular flexibility index (Phi) is 6.81. The van der Waals surface area contributed by atoms with Crippen LogP contribution in [-0.4, -0.2) is 19.5 Å². The second-order valence-electron chi connectivity index (χ2n) is 11.1. The van der Waals surface area contributed by atoms with Crippen molar-refractivity contribution >= 4 is 21.8 Å². The van der Waals surface area contributed by atoms with Crippen molar-refractivity contribution in [1.29, 1.82) is 5.26 Å². The Hall–Kier alpha value is -6.52. The topological polar surface area (TPSA) is 67.4 Å². The second kappa shape index (κ2) is 11.4. The van der Waals surface area contributed by atoms with Gasteiger partial charge in [-0.25, -0.2) is 23.7 Å². The zero-order valence-electron chi connectivity index (χ0n) is 24.8. The lowest BCUT2D eigenvalue weighted by atomic mass is 10.0. The first-order valence-corrected chi connectivity index (χ1v) is 15.0.